The van der Waals surface area contributed by atoms with Crippen molar-refractivity contribution in [1.29, 1.82) is 0 Å². The van der Waals surface area contributed by atoms with Gasteiger partial charge in [0.15, 0.2) is 0 Å². The van der Waals surface area contributed by atoms with Crippen LogP contribution in [0.1, 0.15) is 18.9 Å². The topological polar surface area (TPSA) is 49.8 Å². The summed E-state index contributed by atoms with van der Waals surface area (Å²) in [5, 5.41) is 8.86. The zero-order valence-corrected chi connectivity index (χ0v) is 10.3. The van der Waals surface area contributed by atoms with Gasteiger partial charge in [0.25, 0.3) is 0 Å². The summed E-state index contributed by atoms with van der Waals surface area (Å²) in [6.45, 7) is 4.01. The Morgan fingerprint density at radius 1 is 1.53 bits per heavy atom. The lowest BCUT2D eigenvalue weighted by Crippen LogP contribution is -2.46. The molecular formula is C13H17NO3. The molecule has 0 spiro atoms. The van der Waals surface area contributed by atoms with Crippen molar-refractivity contribution in [1.82, 2.24) is 0 Å². The molecule has 1 N–H and O–H groups in total. The number of carbonyl (C=O) groups is 1. The van der Waals surface area contributed by atoms with Crippen molar-refractivity contribution in [3.05, 3.63) is 23.8 Å². The first-order chi connectivity index (χ1) is 7.99. The molecule has 1 heterocycles. The van der Waals surface area contributed by atoms with Crippen LogP contribution in [0.15, 0.2) is 18.2 Å². The van der Waals surface area contributed by atoms with E-state index in [4.69, 9.17) is 9.84 Å². The Labute approximate surface area is 101 Å². The first kappa shape index (κ1) is 11.8. The number of ether oxygens (including phenoxy) is 1. The van der Waals surface area contributed by atoms with Crippen molar-refractivity contribution >= 4 is 11.7 Å². The van der Waals surface area contributed by atoms with Gasteiger partial charge in [-0.25, -0.2) is 0 Å². The number of aliphatic carboxylic acids is 1. The molecule has 1 aliphatic rings. The molecule has 0 saturated carbocycles. The number of likely N-dealkylation sites (N-methyl/N-ethyl adjacent to an activating group) is 1. The monoisotopic (exact) mass is 235 g/mol. The summed E-state index contributed by atoms with van der Waals surface area (Å²) in [7, 11) is 1.97. The number of rotatable bonds is 2. The van der Waals surface area contributed by atoms with Crippen molar-refractivity contribution in [2.24, 2.45) is 0 Å². The van der Waals surface area contributed by atoms with E-state index in [-0.39, 0.29) is 18.6 Å². The highest BCUT2D eigenvalue weighted by Crippen LogP contribution is 2.36. The fraction of sp³-hybridized carbons (Fsp3) is 0.462. The minimum Gasteiger partial charge on any atom is -0.486 e. The molecule has 0 fully saturated rings. The van der Waals surface area contributed by atoms with E-state index in [0.717, 1.165) is 11.4 Å². The van der Waals surface area contributed by atoms with Crippen LogP contribution in [-0.4, -0.2) is 30.3 Å². The molecular weight excluding hydrogens is 218 g/mol. The number of fused-ring (bicyclic) bond motifs is 1. The van der Waals surface area contributed by atoms with Crippen molar-refractivity contribution in [3.63, 3.8) is 0 Å². The van der Waals surface area contributed by atoms with Gasteiger partial charge < -0.3 is 14.7 Å². The van der Waals surface area contributed by atoms with E-state index in [1.54, 1.807) is 0 Å². The SMILES string of the molecule is Cc1ccc2c(c1)N(C)C(C)C(CC(=O)O)O2. The average molecular weight is 235 g/mol. The minimum atomic E-state index is -0.828. The van der Waals surface area contributed by atoms with E-state index >= 15 is 0 Å². The van der Waals surface area contributed by atoms with E-state index in [9.17, 15) is 4.79 Å². The van der Waals surface area contributed by atoms with Gasteiger partial charge in [-0.1, -0.05) is 6.07 Å². The Balaban J connectivity index is 2.32. The number of carboxylic acid groups (broad SMARTS) is 1. The maximum Gasteiger partial charge on any atom is 0.307 e. The summed E-state index contributed by atoms with van der Waals surface area (Å²) in [4.78, 5) is 12.9. The second kappa shape index (κ2) is 4.28. The number of anilines is 1. The highest BCUT2D eigenvalue weighted by Gasteiger charge is 2.32. The Bertz CT molecular complexity index is 444. The Morgan fingerprint density at radius 3 is 2.88 bits per heavy atom. The van der Waals surface area contributed by atoms with Gasteiger partial charge in [-0.15, -0.1) is 0 Å². The molecule has 0 aliphatic carbocycles. The molecule has 0 bridgehead atoms. The van der Waals surface area contributed by atoms with Gasteiger partial charge in [-0.05, 0) is 31.5 Å². The fourth-order valence-corrected chi connectivity index (χ4v) is 2.12. The molecule has 0 saturated heterocycles. The third-order valence-electron chi connectivity index (χ3n) is 3.30. The molecule has 2 atom stereocenters. The van der Waals surface area contributed by atoms with Crippen molar-refractivity contribution in [3.8, 4) is 5.75 Å². The largest absolute Gasteiger partial charge is 0.486 e. The summed E-state index contributed by atoms with van der Waals surface area (Å²) < 4.78 is 5.76. The normalized spacial score (nSPS) is 22.9. The number of hydrogen-bond donors (Lipinski definition) is 1. The molecule has 1 aliphatic heterocycles. The standard InChI is InChI=1S/C13H17NO3/c1-8-4-5-11-10(6-8)14(3)9(2)12(17-11)7-13(15)16/h4-6,9,12H,7H2,1-3H3,(H,15,16). The van der Waals surface area contributed by atoms with Gasteiger partial charge in [0.05, 0.1) is 18.2 Å². The summed E-state index contributed by atoms with van der Waals surface area (Å²) in [6.07, 6.45) is -0.272. The van der Waals surface area contributed by atoms with Crippen molar-refractivity contribution < 1.29 is 14.6 Å². The second-order valence-corrected chi connectivity index (χ2v) is 4.58. The molecule has 0 radical (unpaired) electrons. The lowest BCUT2D eigenvalue weighted by Gasteiger charge is -2.39. The first-order valence-corrected chi connectivity index (χ1v) is 5.71. The van der Waals surface area contributed by atoms with Crippen LogP contribution in [0.25, 0.3) is 0 Å². The van der Waals surface area contributed by atoms with Crippen LogP contribution in [0.3, 0.4) is 0 Å². The maximum atomic E-state index is 10.8. The maximum absolute atomic E-state index is 10.8. The highest BCUT2D eigenvalue weighted by atomic mass is 16.5. The van der Waals surface area contributed by atoms with E-state index in [1.165, 1.54) is 5.56 Å². The smallest absolute Gasteiger partial charge is 0.307 e. The molecule has 4 nitrogen and oxygen atoms in total. The first-order valence-electron chi connectivity index (χ1n) is 5.71. The van der Waals surface area contributed by atoms with Crippen molar-refractivity contribution in [2.75, 3.05) is 11.9 Å². The van der Waals surface area contributed by atoms with Crippen LogP contribution in [0.5, 0.6) is 5.75 Å². The lowest BCUT2D eigenvalue weighted by atomic mass is 10.0. The van der Waals surface area contributed by atoms with Crippen LogP contribution in [-0.2, 0) is 4.79 Å². The van der Waals surface area contributed by atoms with Crippen LogP contribution in [0.2, 0.25) is 0 Å². The molecule has 2 rings (SSSR count). The molecule has 4 heteroatoms. The van der Waals surface area contributed by atoms with Gasteiger partial charge in [0, 0.05) is 7.05 Å². The minimum absolute atomic E-state index is 0.0266. The van der Waals surface area contributed by atoms with E-state index in [1.807, 2.05) is 33.0 Å². The second-order valence-electron chi connectivity index (χ2n) is 4.58. The molecule has 1 aromatic carbocycles. The third-order valence-corrected chi connectivity index (χ3v) is 3.30. The predicted octanol–water partition coefficient (Wildman–Crippen LogP) is 2.06. The van der Waals surface area contributed by atoms with Gasteiger partial charge in [0.2, 0.25) is 0 Å². The Kier molecular flexibility index (Phi) is 2.96. The summed E-state index contributed by atoms with van der Waals surface area (Å²) in [5.74, 6) is -0.0618. The summed E-state index contributed by atoms with van der Waals surface area (Å²) in [6, 6.07) is 5.99. The predicted molar refractivity (Wildman–Crippen MR) is 65.7 cm³/mol. The fourth-order valence-electron chi connectivity index (χ4n) is 2.12. The Morgan fingerprint density at radius 2 is 2.24 bits per heavy atom. The van der Waals surface area contributed by atoms with Crippen LogP contribution in [0.4, 0.5) is 5.69 Å². The highest BCUT2D eigenvalue weighted by molar-refractivity contribution is 5.69. The molecule has 1 aromatic rings. The molecule has 0 amide bonds. The average Bonchev–Trinajstić information content (AvgIpc) is 2.26. The van der Waals surface area contributed by atoms with E-state index in [0.29, 0.717) is 0 Å². The molecule has 0 aromatic heterocycles. The van der Waals surface area contributed by atoms with Crippen molar-refractivity contribution in [2.45, 2.75) is 32.4 Å². The number of benzene rings is 1. The van der Waals surface area contributed by atoms with Gasteiger partial charge >= 0.3 is 5.97 Å². The van der Waals surface area contributed by atoms with Crippen LogP contribution >= 0.6 is 0 Å². The van der Waals surface area contributed by atoms with Gasteiger partial charge in [0.1, 0.15) is 11.9 Å². The Hall–Kier alpha value is -1.71. The van der Waals surface area contributed by atoms with Crippen LogP contribution < -0.4 is 9.64 Å². The number of aryl methyl sites for hydroxylation is 1. The van der Waals surface area contributed by atoms with E-state index < -0.39 is 5.97 Å². The summed E-state index contributed by atoms with van der Waals surface area (Å²) >= 11 is 0. The molecule has 92 valence electrons. The quantitative estimate of drug-likeness (QED) is 0.852. The number of nitrogens with zero attached hydrogens (tertiary/aromatic N) is 1. The summed E-state index contributed by atoms with van der Waals surface area (Å²) in [5.41, 5.74) is 2.20. The van der Waals surface area contributed by atoms with Gasteiger partial charge in [-0.3, -0.25) is 4.79 Å². The van der Waals surface area contributed by atoms with Crippen LogP contribution in [0, 0.1) is 6.92 Å². The lowest BCUT2D eigenvalue weighted by molar-refractivity contribution is -0.139. The van der Waals surface area contributed by atoms with E-state index in [2.05, 4.69) is 11.0 Å². The zero-order chi connectivity index (χ0) is 12.6. The molecule has 17 heavy (non-hydrogen) atoms. The number of carboxylic acids is 1. The van der Waals surface area contributed by atoms with Gasteiger partial charge in [-0.2, -0.15) is 0 Å². The number of hydrogen-bond acceptors (Lipinski definition) is 3. The molecule has 2 unspecified atom stereocenters. The zero-order valence-electron chi connectivity index (χ0n) is 10.3. The third kappa shape index (κ3) is 2.20.